The minimum Gasteiger partial charge on any atom is -0.329 e. The normalized spacial score (nSPS) is 21.2. The molecule has 14 nitrogen and oxygen atoms in total. The first-order valence-electron chi connectivity index (χ1n) is 15.1. The van der Waals surface area contributed by atoms with Crippen LogP contribution in [0.25, 0.3) is 0 Å². The van der Waals surface area contributed by atoms with E-state index >= 15 is 0 Å². The molecule has 2 aliphatic heterocycles. The van der Waals surface area contributed by atoms with Crippen LogP contribution in [0.5, 0.6) is 0 Å². The van der Waals surface area contributed by atoms with E-state index in [1.807, 2.05) is 0 Å². The number of amides is 2. The molecule has 0 aromatic carbocycles. The Morgan fingerprint density at radius 1 is 0.729 bits per heavy atom. The topological polar surface area (TPSA) is 168 Å². The number of nitrogens with one attached hydrogen (secondary N) is 2. The van der Waals surface area contributed by atoms with Crippen LogP contribution in [0.1, 0.15) is 58.9 Å². The Hall–Kier alpha value is -4.46. The maximum atomic E-state index is 13.2. The van der Waals surface area contributed by atoms with Crippen molar-refractivity contribution in [2.24, 2.45) is 0 Å². The molecular weight excluding hydrogens is 677 g/mol. The van der Waals surface area contributed by atoms with Gasteiger partial charge in [0.2, 0.25) is 34.0 Å². The van der Waals surface area contributed by atoms with Gasteiger partial charge in [-0.3, -0.25) is 9.59 Å². The lowest BCUT2D eigenvalue weighted by atomic mass is 9.82. The molecular formula is C28H28F4N12O2S2. The summed E-state index contributed by atoms with van der Waals surface area (Å²) in [5.74, 6) is -5.69. The van der Waals surface area contributed by atoms with Crippen molar-refractivity contribution in [3.05, 3.63) is 45.9 Å². The van der Waals surface area contributed by atoms with Gasteiger partial charge in [0.1, 0.15) is 10.0 Å². The van der Waals surface area contributed by atoms with Crippen molar-refractivity contribution in [2.45, 2.75) is 62.2 Å². The lowest BCUT2D eigenvalue weighted by Gasteiger charge is -2.38. The predicted molar refractivity (Wildman–Crippen MR) is 167 cm³/mol. The van der Waals surface area contributed by atoms with E-state index < -0.39 is 38.0 Å². The Labute approximate surface area is 278 Å². The number of rotatable bonds is 10. The number of halogens is 4. The zero-order chi connectivity index (χ0) is 33.5. The molecule has 7 rings (SSSR count). The minimum absolute atomic E-state index is 0.0731. The highest BCUT2D eigenvalue weighted by molar-refractivity contribution is 7.15. The molecule has 4 aromatic heterocycles. The van der Waals surface area contributed by atoms with Crippen molar-refractivity contribution in [2.75, 3.05) is 46.6 Å². The third kappa shape index (κ3) is 7.48. The average Bonchev–Trinajstić information content (AvgIpc) is 3.69. The van der Waals surface area contributed by atoms with Gasteiger partial charge >= 0.3 is 0 Å². The maximum Gasteiger partial charge on any atom is 0.282 e. The Kier molecular flexibility index (Phi) is 8.60. The lowest BCUT2D eigenvalue weighted by Crippen LogP contribution is -2.57. The first-order valence-corrected chi connectivity index (χ1v) is 16.8. The summed E-state index contributed by atoms with van der Waals surface area (Å²) in [7, 11) is 0. The largest absolute Gasteiger partial charge is 0.329 e. The van der Waals surface area contributed by atoms with Gasteiger partial charge in [-0.2, -0.15) is 0 Å². The van der Waals surface area contributed by atoms with Gasteiger partial charge in [0.25, 0.3) is 11.8 Å². The van der Waals surface area contributed by atoms with Crippen LogP contribution in [-0.4, -0.2) is 90.2 Å². The molecule has 1 aliphatic carbocycles. The summed E-state index contributed by atoms with van der Waals surface area (Å²) in [4.78, 5) is 44.6. The fourth-order valence-electron chi connectivity index (χ4n) is 5.77. The van der Waals surface area contributed by atoms with Crippen LogP contribution in [0.3, 0.4) is 0 Å². The molecule has 6 heterocycles. The van der Waals surface area contributed by atoms with Crippen molar-refractivity contribution in [1.29, 1.82) is 0 Å². The van der Waals surface area contributed by atoms with Gasteiger partial charge in [-0.1, -0.05) is 29.1 Å². The Bertz CT molecular complexity index is 1680. The smallest absolute Gasteiger partial charge is 0.282 e. The SMILES string of the molecule is O=C(Cc1ccnc(N2CC(F)(F)C2)n1)Nc1nnc(C2CCC[C@H](c3nnc(NC(=O)Cc4ccnc(N5CC(F)(F)C5)n4)s3)C2)s1. The fraction of sp³-hybridized carbons (Fsp3) is 0.500. The Morgan fingerprint density at radius 3 is 1.58 bits per heavy atom. The highest BCUT2D eigenvalue weighted by Crippen LogP contribution is 2.43. The quantitative estimate of drug-likeness (QED) is 0.230. The summed E-state index contributed by atoms with van der Waals surface area (Å²) < 4.78 is 52.9. The first-order chi connectivity index (χ1) is 23.0. The average molecular weight is 705 g/mol. The van der Waals surface area contributed by atoms with Crippen molar-refractivity contribution < 1.29 is 27.2 Å². The van der Waals surface area contributed by atoms with E-state index in [-0.39, 0.29) is 48.4 Å². The molecule has 48 heavy (non-hydrogen) atoms. The van der Waals surface area contributed by atoms with Crippen molar-refractivity contribution in [3.63, 3.8) is 0 Å². The molecule has 0 radical (unpaired) electrons. The molecule has 2 N–H and O–H groups in total. The van der Waals surface area contributed by atoms with E-state index in [0.717, 1.165) is 35.7 Å². The number of anilines is 4. The molecule has 20 heteroatoms. The first kappa shape index (κ1) is 32.1. The van der Waals surface area contributed by atoms with E-state index in [2.05, 4.69) is 51.0 Å². The summed E-state index contributed by atoms with van der Waals surface area (Å²) >= 11 is 2.60. The van der Waals surface area contributed by atoms with Crippen LogP contribution >= 0.6 is 22.7 Å². The second-order valence-corrected chi connectivity index (χ2v) is 14.0. The van der Waals surface area contributed by atoms with Crippen LogP contribution in [0.4, 0.5) is 39.7 Å². The van der Waals surface area contributed by atoms with Gasteiger partial charge in [-0.15, -0.1) is 20.4 Å². The number of nitrogens with zero attached hydrogens (tertiary/aromatic N) is 10. The van der Waals surface area contributed by atoms with Crippen LogP contribution in [0.2, 0.25) is 0 Å². The van der Waals surface area contributed by atoms with Gasteiger partial charge in [0.05, 0.1) is 50.4 Å². The molecule has 0 spiro atoms. The predicted octanol–water partition coefficient (Wildman–Crippen LogP) is 3.68. The van der Waals surface area contributed by atoms with Gasteiger partial charge in [-0.05, 0) is 31.4 Å². The maximum absolute atomic E-state index is 13.2. The number of carbonyl (C=O) groups is 2. The summed E-state index contributed by atoms with van der Waals surface area (Å²) in [6.45, 7) is -1.79. The standard InChI is InChI=1S/C28H28F4N12O2S2/c29-27(30)11-43(12-27)23-33-6-4-17(35-23)9-19(45)37-25-41-39-21(47-25)15-2-1-3-16(8-15)22-40-42-26(48-22)38-20(46)10-18-5-7-34-24(36-18)44-13-28(31,32)14-44/h4-7,15-16H,1-3,8-14H2,(H,37,41,45)(H,38,42,46)/t15-,16?/m0/s1. The zero-order valence-corrected chi connectivity index (χ0v) is 26.8. The highest BCUT2D eigenvalue weighted by Gasteiger charge is 2.46. The van der Waals surface area contributed by atoms with Gasteiger partial charge in [-0.25, -0.2) is 37.5 Å². The third-order valence-corrected chi connectivity index (χ3v) is 10.1. The number of hydrogen-bond acceptors (Lipinski definition) is 14. The van der Waals surface area contributed by atoms with Gasteiger partial charge in [0.15, 0.2) is 0 Å². The summed E-state index contributed by atoms with van der Waals surface area (Å²) in [6.07, 6.45) is 6.22. The summed E-state index contributed by atoms with van der Waals surface area (Å²) in [5, 5.41) is 24.7. The number of aromatic nitrogens is 8. The van der Waals surface area contributed by atoms with E-state index in [9.17, 15) is 27.2 Å². The van der Waals surface area contributed by atoms with Gasteiger partial charge in [0, 0.05) is 24.2 Å². The van der Waals surface area contributed by atoms with Crippen molar-refractivity contribution >= 4 is 56.6 Å². The molecule has 252 valence electrons. The molecule has 3 aliphatic rings. The summed E-state index contributed by atoms with van der Waals surface area (Å²) in [5.41, 5.74) is 0.806. The van der Waals surface area contributed by atoms with Crippen molar-refractivity contribution in [1.82, 2.24) is 40.3 Å². The van der Waals surface area contributed by atoms with Crippen LogP contribution < -0.4 is 20.4 Å². The number of alkyl halides is 4. The van der Waals surface area contributed by atoms with E-state index in [1.54, 1.807) is 12.1 Å². The van der Waals surface area contributed by atoms with E-state index in [0.29, 0.717) is 21.7 Å². The van der Waals surface area contributed by atoms with Crippen molar-refractivity contribution in [3.8, 4) is 0 Å². The minimum atomic E-state index is -2.75. The lowest BCUT2D eigenvalue weighted by molar-refractivity contribution is -0.116. The molecule has 2 atom stereocenters. The molecule has 3 fully saturated rings. The number of carbonyl (C=O) groups excluding carboxylic acids is 2. The van der Waals surface area contributed by atoms with Gasteiger partial charge < -0.3 is 20.4 Å². The molecule has 1 unspecified atom stereocenters. The van der Waals surface area contributed by atoms with Crippen LogP contribution in [0, 0.1) is 0 Å². The zero-order valence-electron chi connectivity index (χ0n) is 25.2. The summed E-state index contributed by atoms with van der Waals surface area (Å²) in [6, 6.07) is 3.13. The Balaban J connectivity index is 0.899. The second-order valence-electron chi connectivity index (χ2n) is 12.0. The second kappa shape index (κ2) is 12.9. The number of hydrogen-bond donors (Lipinski definition) is 2. The monoisotopic (exact) mass is 704 g/mol. The van der Waals surface area contributed by atoms with Crippen LogP contribution in [-0.2, 0) is 22.4 Å². The van der Waals surface area contributed by atoms with E-state index in [4.69, 9.17) is 0 Å². The van der Waals surface area contributed by atoms with Crippen LogP contribution in [0.15, 0.2) is 24.5 Å². The third-order valence-electron chi connectivity index (χ3n) is 8.09. The fourth-order valence-corrected chi connectivity index (χ4v) is 7.59. The van der Waals surface area contributed by atoms with E-state index in [1.165, 1.54) is 44.9 Å². The molecule has 2 saturated heterocycles. The molecule has 1 saturated carbocycles. The highest BCUT2D eigenvalue weighted by atomic mass is 32.1. The molecule has 4 aromatic rings. The molecule has 2 amide bonds. The Morgan fingerprint density at radius 2 is 1.17 bits per heavy atom. The molecule has 0 bridgehead atoms.